The molecule has 0 radical (unpaired) electrons. The first-order chi connectivity index (χ1) is 10.6. The molecule has 2 aromatic carbocycles. The fourth-order valence-electron chi connectivity index (χ4n) is 3.25. The van der Waals surface area contributed by atoms with Gasteiger partial charge in [-0.05, 0) is 36.5 Å². The lowest BCUT2D eigenvalue weighted by Crippen LogP contribution is -2.47. The van der Waals surface area contributed by atoms with Gasteiger partial charge in [-0.2, -0.15) is 0 Å². The SMILES string of the molecule is CC1(NC(=O)CC(O)c2ccccc2)Cc2ccccc2C1. The molecule has 0 aliphatic heterocycles. The third-order valence-electron chi connectivity index (χ3n) is 4.28. The highest BCUT2D eigenvalue weighted by Crippen LogP contribution is 2.30. The molecular weight excluding hydrogens is 274 g/mol. The minimum Gasteiger partial charge on any atom is -0.388 e. The molecule has 0 saturated carbocycles. The van der Waals surface area contributed by atoms with E-state index in [0.29, 0.717) is 0 Å². The first-order valence-electron chi connectivity index (χ1n) is 7.67. The molecule has 1 aliphatic carbocycles. The van der Waals surface area contributed by atoms with Crippen LogP contribution in [-0.4, -0.2) is 16.6 Å². The summed E-state index contributed by atoms with van der Waals surface area (Å²) in [6.07, 6.45) is 1.02. The van der Waals surface area contributed by atoms with E-state index in [-0.39, 0.29) is 17.9 Å². The van der Waals surface area contributed by atoms with E-state index in [4.69, 9.17) is 0 Å². The molecule has 3 heteroatoms. The molecule has 0 spiro atoms. The summed E-state index contributed by atoms with van der Waals surface area (Å²) >= 11 is 0. The van der Waals surface area contributed by atoms with E-state index >= 15 is 0 Å². The molecule has 0 bridgehead atoms. The van der Waals surface area contributed by atoms with Crippen LogP contribution in [0, 0.1) is 0 Å². The summed E-state index contributed by atoms with van der Waals surface area (Å²) in [7, 11) is 0. The summed E-state index contributed by atoms with van der Waals surface area (Å²) in [4.78, 5) is 12.3. The number of benzene rings is 2. The predicted molar refractivity (Wildman–Crippen MR) is 86.4 cm³/mol. The van der Waals surface area contributed by atoms with Gasteiger partial charge in [-0.15, -0.1) is 0 Å². The Kier molecular flexibility index (Phi) is 3.99. The minimum atomic E-state index is -0.756. The molecule has 3 nitrogen and oxygen atoms in total. The van der Waals surface area contributed by atoms with Crippen LogP contribution in [0.25, 0.3) is 0 Å². The maximum Gasteiger partial charge on any atom is 0.223 e. The maximum atomic E-state index is 12.3. The summed E-state index contributed by atoms with van der Waals surface area (Å²) in [6.45, 7) is 2.07. The van der Waals surface area contributed by atoms with Crippen LogP contribution in [0.4, 0.5) is 0 Å². The highest BCUT2D eigenvalue weighted by molar-refractivity contribution is 5.77. The molecule has 114 valence electrons. The summed E-state index contributed by atoms with van der Waals surface area (Å²) in [5.74, 6) is -0.105. The first-order valence-corrected chi connectivity index (χ1v) is 7.67. The van der Waals surface area contributed by atoms with E-state index < -0.39 is 6.10 Å². The molecular formula is C19H21NO2. The number of carbonyl (C=O) groups is 1. The average Bonchev–Trinajstić information content (AvgIpc) is 2.83. The number of hydrogen-bond donors (Lipinski definition) is 2. The van der Waals surface area contributed by atoms with Gasteiger partial charge in [0.2, 0.25) is 5.91 Å². The van der Waals surface area contributed by atoms with Crippen molar-refractivity contribution >= 4 is 5.91 Å². The van der Waals surface area contributed by atoms with Gasteiger partial charge in [-0.1, -0.05) is 54.6 Å². The molecule has 1 atom stereocenters. The van der Waals surface area contributed by atoms with Crippen LogP contribution in [0.5, 0.6) is 0 Å². The zero-order chi connectivity index (χ0) is 15.6. The largest absolute Gasteiger partial charge is 0.388 e. The average molecular weight is 295 g/mol. The Hall–Kier alpha value is -2.13. The van der Waals surface area contributed by atoms with Crippen molar-refractivity contribution in [3.8, 4) is 0 Å². The minimum absolute atomic E-state index is 0.0932. The maximum absolute atomic E-state index is 12.3. The van der Waals surface area contributed by atoms with Crippen LogP contribution < -0.4 is 5.32 Å². The Balaban J connectivity index is 1.61. The van der Waals surface area contributed by atoms with Gasteiger partial charge in [0.15, 0.2) is 0 Å². The molecule has 1 unspecified atom stereocenters. The fraction of sp³-hybridized carbons (Fsp3) is 0.316. The van der Waals surface area contributed by atoms with Crippen LogP contribution in [-0.2, 0) is 17.6 Å². The lowest BCUT2D eigenvalue weighted by atomic mass is 9.97. The van der Waals surface area contributed by atoms with E-state index in [1.54, 1.807) is 0 Å². The van der Waals surface area contributed by atoms with Crippen molar-refractivity contribution in [1.82, 2.24) is 5.32 Å². The van der Waals surface area contributed by atoms with Gasteiger partial charge >= 0.3 is 0 Å². The standard InChI is InChI=1S/C19H21NO2/c1-19(12-15-9-5-6-10-16(15)13-19)20-18(22)11-17(21)14-7-3-2-4-8-14/h2-10,17,21H,11-13H2,1H3,(H,20,22). The van der Waals surface area contributed by atoms with Gasteiger partial charge in [0.25, 0.3) is 0 Å². The second-order valence-corrected chi connectivity index (χ2v) is 6.36. The quantitative estimate of drug-likeness (QED) is 0.911. The Morgan fingerprint density at radius 1 is 1.09 bits per heavy atom. The Morgan fingerprint density at radius 3 is 2.23 bits per heavy atom. The smallest absolute Gasteiger partial charge is 0.223 e. The van der Waals surface area contributed by atoms with Crippen molar-refractivity contribution < 1.29 is 9.90 Å². The topological polar surface area (TPSA) is 49.3 Å². The zero-order valence-electron chi connectivity index (χ0n) is 12.8. The molecule has 1 amide bonds. The second kappa shape index (κ2) is 5.93. The number of rotatable bonds is 4. The normalized spacial score (nSPS) is 16.8. The molecule has 0 saturated heterocycles. The van der Waals surface area contributed by atoms with Gasteiger partial charge < -0.3 is 10.4 Å². The molecule has 0 heterocycles. The third-order valence-corrected chi connectivity index (χ3v) is 4.28. The highest BCUT2D eigenvalue weighted by Gasteiger charge is 2.34. The zero-order valence-corrected chi connectivity index (χ0v) is 12.8. The molecule has 2 aromatic rings. The van der Waals surface area contributed by atoms with Gasteiger partial charge in [-0.25, -0.2) is 0 Å². The Morgan fingerprint density at radius 2 is 1.64 bits per heavy atom. The molecule has 2 N–H and O–H groups in total. The van der Waals surface area contributed by atoms with Crippen molar-refractivity contribution in [2.75, 3.05) is 0 Å². The van der Waals surface area contributed by atoms with E-state index in [0.717, 1.165) is 18.4 Å². The highest BCUT2D eigenvalue weighted by atomic mass is 16.3. The molecule has 0 aromatic heterocycles. The number of aliphatic hydroxyl groups is 1. The second-order valence-electron chi connectivity index (χ2n) is 6.36. The van der Waals surface area contributed by atoms with E-state index in [9.17, 15) is 9.90 Å². The van der Waals surface area contributed by atoms with Gasteiger partial charge in [0.05, 0.1) is 12.5 Å². The monoisotopic (exact) mass is 295 g/mol. The molecule has 0 fully saturated rings. The van der Waals surface area contributed by atoms with Crippen LogP contribution >= 0.6 is 0 Å². The summed E-state index contributed by atoms with van der Waals surface area (Å²) in [6, 6.07) is 17.6. The predicted octanol–water partition coefficient (Wildman–Crippen LogP) is 2.78. The van der Waals surface area contributed by atoms with E-state index in [2.05, 4.69) is 24.4 Å². The van der Waals surface area contributed by atoms with Crippen LogP contribution in [0.2, 0.25) is 0 Å². The number of amides is 1. The lowest BCUT2D eigenvalue weighted by Gasteiger charge is -2.26. The van der Waals surface area contributed by atoms with Crippen LogP contribution in [0.3, 0.4) is 0 Å². The van der Waals surface area contributed by atoms with Gasteiger partial charge in [-0.3, -0.25) is 4.79 Å². The Bertz CT molecular complexity index is 641. The lowest BCUT2D eigenvalue weighted by molar-refractivity contribution is -0.124. The number of hydrogen-bond acceptors (Lipinski definition) is 2. The van der Waals surface area contributed by atoms with Crippen LogP contribution in [0.15, 0.2) is 54.6 Å². The van der Waals surface area contributed by atoms with Crippen molar-refractivity contribution in [1.29, 1.82) is 0 Å². The van der Waals surface area contributed by atoms with E-state index in [1.165, 1.54) is 11.1 Å². The van der Waals surface area contributed by atoms with Gasteiger partial charge in [0, 0.05) is 5.54 Å². The van der Waals surface area contributed by atoms with Crippen LogP contribution in [0.1, 0.15) is 36.1 Å². The number of nitrogens with one attached hydrogen (secondary N) is 1. The Labute approximate surface area is 131 Å². The third kappa shape index (κ3) is 3.20. The summed E-state index contributed by atoms with van der Waals surface area (Å²) in [5.41, 5.74) is 3.12. The van der Waals surface area contributed by atoms with Gasteiger partial charge in [0.1, 0.15) is 0 Å². The molecule has 22 heavy (non-hydrogen) atoms. The first kappa shape index (κ1) is 14.8. The molecule has 1 aliphatic rings. The van der Waals surface area contributed by atoms with Crippen molar-refractivity contribution in [2.24, 2.45) is 0 Å². The van der Waals surface area contributed by atoms with Crippen molar-refractivity contribution in [2.45, 2.75) is 37.8 Å². The summed E-state index contributed by atoms with van der Waals surface area (Å²) < 4.78 is 0. The number of carbonyl (C=O) groups excluding carboxylic acids is 1. The number of aliphatic hydroxyl groups excluding tert-OH is 1. The van der Waals surface area contributed by atoms with Crippen molar-refractivity contribution in [3.05, 3.63) is 71.3 Å². The van der Waals surface area contributed by atoms with E-state index in [1.807, 2.05) is 42.5 Å². The van der Waals surface area contributed by atoms with Crippen molar-refractivity contribution in [3.63, 3.8) is 0 Å². The number of fused-ring (bicyclic) bond motifs is 1. The fourth-order valence-corrected chi connectivity index (χ4v) is 3.25. The molecule has 3 rings (SSSR count). The summed E-state index contributed by atoms with van der Waals surface area (Å²) in [5, 5.41) is 13.3.